The first kappa shape index (κ1) is 18.0. The highest BCUT2D eigenvalue weighted by Crippen LogP contribution is 2.33. The van der Waals surface area contributed by atoms with Gasteiger partial charge in [-0.25, -0.2) is 4.79 Å². The van der Waals surface area contributed by atoms with Crippen molar-refractivity contribution >= 4 is 11.9 Å². The van der Waals surface area contributed by atoms with Crippen molar-refractivity contribution in [2.75, 3.05) is 0 Å². The number of nitrogens with zero attached hydrogens (tertiary/aromatic N) is 1. The number of amides is 3. The summed E-state index contributed by atoms with van der Waals surface area (Å²) in [5.41, 5.74) is -0.333. The largest absolute Gasteiger partial charge is 0.416 e. The topological polar surface area (TPSA) is 49.4 Å². The van der Waals surface area contributed by atoms with E-state index >= 15 is 0 Å². The van der Waals surface area contributed by atoms with E-state index in [2.05, 4.69) is 5.32 Å². The molecule has 136 valence electrons. The van der Waals surface area contributed by atoms with Crippen molar-refractivity contribution in [1.82, 2.24) is 10.2 Å². The first-order valence-electron chi connectivity index (χ1n) is 7.99. The smallest absolute Gasteiger partial charge is 0.319 e. The lowest BCUT2D eigenvalue weighted by Crippen LogP contribution is -2.41. The predicted molar refractivity (Wildman–Crippen MR) is 89.1 cm³/mol. The fraction of sp³-hybridized carbons (Fsp3) is 0.263. The molecule has 1 fully saturated rings. The molecule has 0 aromatic heterocycles. The summed E-state index contributed by atoms with van der Waals surface area (Å²) in [7, 11) is 0. The fourth-order valence-electron chi connectivity index (χ4n) is 3.19. The van der Waals surface area contributed by atoms with Gasteiger partial charge in [0.15, 0.2) is 0 Å². The van der Waals surface area contributed by atoms with Crippen LogP contribution in [0.4, 0.5) is 18.0 Å². The standard InChI is InChI=1S/C19H17F3N2O2/c1-12-6-3-4-9-15(12)18(2)16(25)24(17(26)23-18)11-13-7-5-8-14(10-13)19(20,21)22/h3-10H,11H2,1-2H3,(H,23,26). The fourth-order valence-corrected chi connectivity index (χ4v) is 3.19. The summed E-state index contributed by atoms with van der Waals surface area (Å²) >= 11 is 0. The number of carbonyl (C=O) groups excluding carboxylic acids is 2. The highest BCUT2D eigenvalue weighted by molar-refractivity contribution is 6.07. The first-order valence-corrected chi connectivity index (χ1v) is 7.99. The van der Waals surface area contributed by atoms with Crippen LogP contribution in [0.1, 0.15) is 29.2 Å². The molecule has 0 radical (unpaired) electrons. The predicted octanol–water partition coefficient (Wildman–Crippen LogP) is 3.98. The van der Waals surface area contributed by atoms with Gasteiger partial charge in [0, 0.05) is 0 Å². The molecule has 1 heterocycles. The molecule has 2 aromatic rings. The highest BCUT2D eigenvalue weighted by Gasteiger charge is 2.49. The molecule has 1 unspecified atom stereocenters. The Morgan fingerprint density at radius 2 is 1.77 bits per heavy atom. The highest BCUT2D eigenvalue weighted by atomic mass is 19.4. The van der Waals surface area contributed by atoms with E-state index in [1.165, 1.54) is 12.1 Å². The number of aryl methyl sites for hydroxylation is 1. The van der Waals surface area contributed by atoms with Crippen molar-refractivity contribution in [3.63, 3.8) is 0 Å². The Morgan fingerprint density at radius 3 is 2.42 bits per heavy atom. The van der Waals surface area contributed by atoms with Gasteiger partial charge in [0.25, 0.3) is 5.91 Å². The van der Waals surface area contributed by atoms with Gasteiger partial charge >= 0.3 is 12.2 Å². The van der Waals surface area contributed by atoms with Crippen LogP contribution in [0.25, 0.3) is 0 Å². The summed E-state index contributed by atoms with van der Waals surface area (Å²) in [6.45, 7) is 3.20. The van der Waals surface area contributed by atoms with Crippen LogP contribution in [0.5, 0.6) is 0 Å². The van der Waals surface area contributed by atoms with E-state index in [0.29, 0.717) is 5.56 Å². The summed E-state index contributed by atoms with van der Waals surface area (Å²) < 4.78 is 38.6. The van der Waals surface area contributed by atoms with Crippen LogP contribution in [0, 0.1) is 6.92 Å². The summed E-state index contributed by atoms with van der Waals surface area (Å²) in [6, 6.07) is 11.2. The number of halogens is 3. The van der Waals surface area contributed by atoms with Gasteiger partial charge in [-0.1, -0.05) is 36.4 Å². The van der Waals surface area contributed by atoms with Crippen LogP contribution in [-0.2, 0) is 23.1 Å². The molecule has 1 aliphatic rings. The molecule has 0 aliphatic carbocycles. The van der Waals surface area contributed by atoms with Crippen LogP contribution in [0.3, 0.4) is 0 Å². The Bertz CT molecular complexity index is 879. The van der Waals surface area contributed by atoms with Crippen molar-refractivity contribution in [3.05, 3.63) is 70.8 Å². The molecule has 3 rings (SSSR count). The van der Waals surface area contributed by atoms with Gasteiger partial charge in [0.1, 0.15) is 5.54 Å². The molecule has 26 heavy (non-hydrogen) atoms. The monoisotopic (exact) mass is 362 g/mol. The summed E-state index contributed by atoms with van der Waals surface area (Å²) in [6.07, 6.45) is -4.48. The van der Waals surface area contributed by atoms with Crippen LogP contribution in [0.2, 0.25) is 0 Å². The van der Waals surface area contributed by atoms with Crippen molar-refractivity contribution in [3.8, 4) is 0 Å². The minimum absolute atomic E-state index is 0.226. The Hall–Kier alpha value is -2.83. The molecule has 1 atom stereocenters. The SMILES string of the molecule is Cc1ccccc1C1(C)NC(=O)N(Cc2cccc(C(F)(F)F)c2)C1=O. The maximum Gasteiger partial charge on any atom is 0.416 e. The van der Waals surface area contributed by atoms with E-state index in [9.17, 15) is 22.8 Å². The molecule has 2 aromatic carbocycles. The molecule has 7 heteroatoms. The molecule has 1 N–H and O–H groups in total. The van der Waals surface area contributed by atoms with Gasteiger partial charge in [0.05, 0.1) is 12.1 Å². The number of urea groups is 1. The number of carbonyl (C=O) groups is 2. The quantitative estimate of drug-likeness (QED) is 0.840. The lowest BCUT2D eigenvalue weighted by Gasteiger charge is -2.24. The molecular formula is C19H17F3N2O2. The van der Waals surface area contributed by atoms with Gasteiger partial charge < -0.3 is 5.32 Å². The lowest BCUT2D eigenvalue weighted by molar-refractivity contribution is -0.137. The van der Waals surface area contributed by atoms with Gasteiger partial charge in [-0.05, 0) is 42.7 Å². The van der Waals surface area contributed by atoms with E-state index in [1.54, 1.807) is 19.1 Å². The second-order valence-electron chi connectivity index (χ2n) is 6.46. The van der Waals surface area contributed by atoms with E-state index < -0.39 is 29.2 Å². The average Bonchev–Trinajstić information content (AvgIpc) is 2.79. The summed E-state index contributed by atoms with van der Waals surface area (Å²) in [5, 5.41) is 2.67. The number of hydrogen-bond donors (Lipinski definition) is 1. The molecule has 1 saturated heterocycles. The minimum Gasteiger partial charge on any atom is -0.319 e. The van der Waals surface area contributed by atoms with Gasteiger partial charge in [0.2, 0.25) is 0 Å². The first-order chi connectivity index (χ1) is 12.1. The van der Waals surface area contributed by atoms with Crippen molar-refractivity contribution in [2.45, 2.75) is 32.1 Å². The zero-order valence-corrected chi connectivity index (χ0v) is 14.2. The number of nitrogens with one attached hydrogen (secondary N) is 1. The zero-order valence-electron chi connectivity index (χ0n) is 14.2. The zero-order chi connectivity index (χ0) is 19.1. The molecule has 1 aliphatic heterocycles. The van der Waals surface area contributed by atoms with E-state index in [0.717, 1.165) is 22.6 Å². The number of alkyl halides is 3. The van der Waals surface area contributed by atoms with Crippen LogP contribution < -0.4 is 5.32 Å². The summed E-state index contributed by atoms with van der Waals surface area (Å²) in [5.74, 6) is -0.491. The number of imide groups is 1. The molecule has 0 bridgehead atoms. The van der Waals surface area contributed by atoms with Crippen LogP contribution >= 0.6 is 0 Å². The molecule has 0 spiro atoms. The normalized spacial score (nSPS) is 20.4. The summed E-state index contributed by atoms with van der Waals surface area (Å²) in [4.78, 5) is 26.2. The Kier molecular flexibility index (Phi) is 4.26. The maximum atomic E-state index is 12.9. The molecule has 4 nitrogen and oxygen atoms in total. The van der Waals surface area contributed by atoms with Crippen molar-refractivity contribution in [1.29, 1.82) is 0 Å². The van der Waals surface area contributed by atoms with Crippen LogP contribution in [0.15, 0.2) is 48.5 Å². The van der Waals surface area contributed by atoms with Gasteiger partial charge in [-0.3, -0.25) is 9.69 Å². The number of rotatable bonds is 3. The van der Waals surface area contributed by atoms with Gasteiger partial charge in [-0.15, -0.1) is 0 Å². The maximum absolute atomic E-state index is 12.9. The Balaban J connectivity index is 1.90. The molecule has 0 saturated carbocycles. The second kappa shape index (κ2) is 6.16. The van der Waals surface area contributed by atoms with E-state index in [1.807, 2.05) is 19.1 Å². The minimum atomic E-state index is -4.48. The third-order valence-electron chi connectivity index (χ3n) is 4.55. The van der Waals surface area contributed by atoms with Crippen molar-refractivity contribution < 1.29 is 22.8 Å². The second-order valence-corrected chi connectivity index (χ2v) is 6.46. The Labute approximate surface area is 148 Å². The molecular weight excluding hydrogens is 345 g/mol. The van der Waals surface area contributed by atoms with E-state index in [-0.39, 0.29) is 12.1 Å². The Morgan fingerprint density at radius 1 is 1.08 bits per heavy atom. The van der Waals surface area contributed by atoms with Crippen molar-refractivity contribution in [2.24, 2.45) is 0 Å². The number of benzene rings is 2. The van der Waals surface area contributed by atoms with Gasteiger partial charge in [-0.2, -0.15) is 13.2 Å². The molecule has 3 amide bonds. The number of hydrogen-bond acceptors (Lipinski definition) is 2. The average molecular weight is 362 g/mol. The van der Waals surface area contributed by atoms with Crippen LogP contribution in [-0.4, -0.2) is 16.8 Å². The van der Waals surface area contributed by atoms with E-state index in [4.69, 9.17) is 0 Å². The third kappa shape index (κ3) is 3.05. The third-order valence-corrected chi connectivity index (χ3v) is 4.55. The lowest BCUT2D eigenvalue weighted by atomic mass is 9.88.